The Morgan fingerprint density at radius 3 is 2.50 bits per heavy atom. The number of pyridine rings is 1. The van der Waals surface area contributed by atoms with E-state index in [1.165, 1.54) is 0 Å². The maximum atomic E-state index is 11.5. The van der Waals surface area contributed by atoms with Gasteiger partial charge in [0.05, 0.1) is 12.5 Å². The lowest BCUT2D eigenvalue weighted by atomic mass is 9.91. The molecule has 0 aliphatic heterocycles. The lowest BCUT2D eigenvalue weighted by molar-refractivity contribution is 0.566. The topological polar surface area (TPSA) is 56.6 Å². The summed E-state index contributed by atoms with van der Waals surface area (Å²) in [6.07, 6.45) is 0.166. The van der Waals surface area contributed by atoms with Gasteiger partial charge in [-0.05, 0) is 6.07 Å². The molecule has 0 aliphatic rings. The van der Waals surface area contributed by atoms with Crippen LogP contribution < -0.4 is 5.56 Å². The Bertz CT molecular complexity index is 418. The van der Waals surface area contributed by atoms with Gasteiger partial charge in [-0.2, -0.15) is 5.26 Å². The smallest absolute Gasteiger partial charge is 0.252 e. The van der Waals surface area contributed by atoms with Crippen LogP contribution in [0.4, 0.5) is 0 Å². The van der Waals surface area contributed by atoms with Crippen LogP contribution in [0.3, 0.4) is 0 Å². The van der Waals surface area contributed by atoms with Crippen molar-refractivity contribution in [3.8, 4) is 6.07 Å². The van der Waals surface area contributed by atoms with E-state index in [9.17, 15) is 4.79 Å². The standard InChI is InChI=1S/C11H14N2O/c1-11(2,3)9-5-4-8(6-7-12)10(14)13-9/h4-5H,6H2,1-3H3,(H,13,14). The van der Waals surface area contributed by atoms with Gasteiger partial charge in [0.25, 0.3) is 5.56 Å². The first kappa shape index (κ1) is 10.5. The summed E-state index contributed by atoms with van der Waals surface area (Å²) in [5.41, 5.74) is 1.20. The van der Waals surface area contributed by atoms with Crippen LogP contribution >= 0.6 is 0 Å². The van der Waals surface area contributed by atoms with Crippen molar-refractivity contribution < 1.29 is 0 Å². The Labute approximate surface area is 83.4 Å². The predicted octanol–water partition coefficient (Wildman–Crippen LogP) is 1.74. The Hall–Kier alpha value is -1.56. The van der Waals surface area contributed by atoms with Gasteiger partial charge < -0.3 is 4.98 Å². The average Bonchev–Trinajstić information content (AvgIpc) is 2.07. The summed E-state index contributed by atoms with van der Waals surface area (Å²) in [5, 5.41) is 8.47. The number of hydrogen-bond acceptors (Lipinski definition) is 2. The molecule has 0 saturated carbocycles. The number of nitrogens with zero attached hydrogens (tertiary/aromatic N) is 1. The highest BCUT2D eigenvalue weighted by molar-refractivity contribution is 5.21. The van der Waals surface area contributed by atoms with Crippen molar-refractivity contribution >= 4 is 0 Å². The molecule has 1 aromatic heterocycles. The second kappa shape index (κ2) is 3.67. The lowest BCUT2D eigenvalue weighted by Crippen LogP contribution is -2.21. The normalized spacial score (nSPS) is 11.0. The van der Waals surface area contributed by atoms with Crippen molar-refractivity contribution in [2.24, 2.45) is 0 Å². The molecule has 1 rings (SSSR count). The third-order valence-corrected chi connectivity index (χ3v) is 2.07. The number of aromatic amines is 1. The van der Waals surface area contributed by atoms with E-state index in [0.29, 0.717) is 5.56 Å². The van der Waals surface area contributed by atoms with E-state index >= 15 is 0 Å². The van der Waals surface area contributed by atoms with Crippen LogP contribution in [-0.2, 0) is 11.8 Å². The maximum absolute atomic E-state index is 11.5. The van der Waals surface area contributed by atoms with E-state index < -0.39 is 0 Å². The van der Waals surface area contributed by atoms with Gasteiger partial charge in [-0.25, -0.2) is 0 Å². The number of hydrogen-bond donors (Lipinski definition) is 1. The number of aromatic nitrogens is 1. The lowest BCUT2D eigenvalue weighted by Gasteiger charge is -2.18. The molecule has 0 spiro atoms. The Morgan fingerprint density at radius 1 is 1.43 bits per heavy atom. The van der Waals surface area contributed by atoms with Crippen LogP contribution in [0.5, 0.6) is 0 Å². The van der Waals surface area contributed by atoms with Crippen molar-refractivity contribution in [1.82, 2.24) is 4.98 Å². The van der Waals surface area contributed by atoms with Crippen molar-refractivity contribution in [2.75, 3.05) is 0 Å². The first-order valence-corrected chi connectivity index (χ1v) is 4.55. The second-order valence-corrected chi connectivity index (χ2v) is 4.31. The molecule has 0 radical (unpaired) electrons. The molecule has 0 atom stereocenters. The number of rotatable bonds is 1. The van der Waals surface area contributed by atoms with Gasteiger partial charge in [0.1, 0.15) is 0 Å². The molecule has 0 unspecified atom stereocenters. The molecule has 1 heterocycles. The molecule has 0 aromatic carbocycles. The first-order valence-electron chi connectivity index (χ1n) is 4.55. The number of nitrogens with one attached hydrogen (secondary N) is 1. The number of H-pyrrole nitrogens is 1. The molecule has 74 valence electrons. The van der Waals surface area contributed by atoms with Gasteiger partial charge in [-0.3, -0.25) is 4.79 Å². The van der Waals surface area contributed by atoms with Crippen molar-refractivity contribution in [2.45, 2.75) is 32.6 Å². The van der Waals surface area contributed by atoms with Crippen LogP contribution in [-0.4, -0.2) is 4.98 Å². The summed E-state index contributed by atoms with van der Waals surface area (Å²) >= 11 is 0. The Kier molecular flexibility index (Phi) is 2.76. The Balaban J connectivity index is 3.15. The van der Waals surface area contributed by atoms with Crippen LogP contribution in [0.2, 0.25) is 0 Å². The highest BCUT2D eigenvalue weighted by Crippen LogP contribution is 2.18. The van der Waals surface area contributed by atoms with E-state index in [4.69, 9.17) is 5.26 Å². The fraction of sp³-hybridized carbons (Fsp3) is 0.455. The van der Waals surface area contributed by atoms with E-state index in [-0.39, 0.29) is 17.4 Å². The predicted molar refractivity (Wildman–Crippen MR) is 55.1 cm³/mol. The largest absolute Gasteiger partial charge is 0.325 e. The van der Waals surface area contributed by atoms with Gasteiger partial charge in [0.2, 0.25) is 0 Å². The van der Waals surface area contributed by atoms with Gasteiger partial charge in [0, 0.05) is 16.7 Å². The van der Waals surface area contributed by atoms with Crippen LogP contribution in [0.15, 0.2) is 16.9 Å². The molecular formula is C11H14N2O. The molecule has 1 aromatic rings. The molecular weight excluding hydrogens is 176 g/mol. The molecule has 3 heteroatoms. The van der Waals surface area contributed by atoms with Crippen molar-refractivity contribution in [3.63, 3.8) is 0 Å². The zero-order valence-corrected chi connectivity index (χ0v) is 8.72. The quantitative estimate of drug-likeness (QED) is 0.733. The van der Waals surface area contributed by atoms with E-state index in [1.54, 1.807) is 6.07 Å². The minimum Gasteiger partial charge on any atom is -0.325 e. The monoisotopic (exact) mass is 190 g/mol. The van der Waals surface area contributed by atoms with E-state index in [0.717, 1.165) is 5.69 Å². The van der Waals surface area contributed by atoms with Crippen LogP contribution in [0.25, 0.3) is 0 Å². The summed E-state index contributed by atoms with van der Waals surface area (Å²) < 4.78 is 0. The summed E-state index contributed by atoms with van der Waals surface area (Å²) in [6, 6.07) is 5.56. The summed E-state index contributed by atoms with van der Waals surface area (Å²) in [4.78, 5) is 14.3. The van der Waals surface area contributed by atoms with Crippen molar-refractivity contribution in [1.29, 1.82) is 5.26 Å². The van der Waals surface area contributed by atoms with Crippen molar-refractivity contribution in [3.05, 3.63) is 33.7 Å². The highest BCUT2D eigenvalue weighted by atomic mass is 16.1. The fourth-order valence-corrected chi connectivity index (χ4v) is 1.17. The highest BCUT2D eigenvalue weighted by Gasteiger charge is 2.14. The molecule has 1 N–H and O–H groups in total. The second-order valence-electron chi connectivity index (χ2n) is 4.31. The zero-order chi connectivity index (χ0) is 10.8. The molecule has 0 fully saturated rings. The summed E-state index contributed by atoms with van der Waals surface area (Å²) in [5.74, 6) is 0. The van der Waals surface area contributed by atoms with E-state index in [2.05, 4.69) is 4.98 Å². The van der Waals surface area contributed by atoms with Gasteiger partial charge >= 0.3 is 0 Å². The molecule has 0 amide bonds. The minimum absolute atomic E-state index is 0.0651. The average molecular weight is 190 g/mol. The van der Waals surface area contributed by atoms with Gasteiger partial charge in [-0.1, -0.05) is 26.8 Å². The fourth-order valence-electron chi connectivity index (χ4n) is 1.17. The molecule has 0 aliphatic carbocycles. The van der Waals surface area contributed by atoms with Crippen LogP contribution in [0.1, 0.15) is 32.0 Å². The third kappa shape index (κ3) is 2.23. The molecule has 14 heavy (non-hydrogen) atoms. The van der Waals surface area contributed by atoms with Gasteiger partial charge in [-0.15, -0.1) is 0 Å². The maximum Gasteiger partial charge on any atom is 0.252 e. The number of nitriles is 1. The van der Waals surface area contributed by atoms with Crippen LogP contribution in [0, 0.1) is 11.3 Å². The Morgan fingerprint density at radius 2 is 2.07 bits per heavy atom. The van der Waals surface area contributed by atoms with Gasteiger partial charge in [0.15, 0.2) is 0 Å². The first-order chi connectivity index (χ1) is 6.45. The molecule has 0 bridgehead atoms. The SMILES string of the molecule is CC(C)(C)c1ccc(CC#N)c(=O)[nH]1. The third-order valence-electron chi connectivity index (χ3n) is 2.07. The summed E-state index contributed by atoms with van der Waals surface area (Å²) in [6.45, 7) is 6.09. The molecule has 0 saturated heterocycles. The zero-order valence-electron chi connectivity index (χ0n) is 8.72. The van der Waals surface area contributed by atoms with E-state index in [1.807, 2.05) is 32.9 Å². The summed E-state index contributed by atoms with van der Waals surface area (Å²) in [7, 11) is 0. The molecule has 3 nitrogen and oxygen atoms in total. The minimum atomic E-state index is -0.154.